The number of para-hydroxylation sites is 1. The quantitative estimate of drug-likeness (QED) is 0.826. The summed E-state index contributed by atoms with van der Waals surface area (Å²) in [5.41, 5.74) is 2.08. The van der Waals surface area contributed by atoms with E-state index in [0.29, 0.717) is 11.6 Å². The molecule has 3 rings (SSSR count). The molecule has 0 saturated heterocycles. The molecule has 0 N–H and O–H groups in total. The standard InChI is InChI=1S/C16H16FNS/c1-18(15-8-4-3-7-14(15)17)10-12-11-19-16-9-5-2-6-13(12)16/h2-9,12H,10-11H2,1H3. The topological polar surface area (TPSA) is 3.24 Å². The summed E-state index contributed by atoms with van der Waals surface area (Å²) in [6.45, 7) is 0.852. The molecule has 1 heterocycles. The van der Waals surface area contributed by atoms with E-state index in [2.05, 4.69) is 24.3 Å². The zero-order valence-electron chi connectivity index (χ0n) is 10.8. The van der Waals surface area contributed by atoms with Gasteiger partial charge < -0.3 is 4.90 Å². The van der Waals surface area contributed by atoms with E-state index < -0.39 is 0 Å². The zero-order chi connectivity index (χ0) is 13.2. The van der Waals surface area contributed by atoms with Gasteiger partial charge in [-0.25, -0.2) is 4.39 Å². The summed E-state index contributed by atoms with van der Waals surface area (Å²) in [4.78, 5) is 3.39. The van der Waals surface area contributed by atoms with Gasteiger partial charge in [0.25, 0.3) is 0 Å². The number of rotatable bonds is 3. The van der Waals surface area contributed by atoms with Gasteiger partial charge in [0.1, 0.15) is 5.82 Å². The lowest BCUT2D eigenvalue weighted by Gasteiger charge is -2.23. The first-order valence-corrected chi connectivity index (χ1v) is 7.41. The lowest BCUT2D eigenvalue weighted by Crippen LogP contribution is -2.25. The van der Waals surface area contributed by atoms with Gasteiger partial charge >= 0.3 is 0 Å². The third-order valence-corrected chi connectivity index (χ3v) is 4.81. The number of hydrogen-bond donors (Lipinski definition) is 0. The maximum absolute atomic E-state index is 13.8. The zero-order valence-corrected chi connectivity index (χ0v) is 11.7. The fourth-order valence-electron chi connectivity index (χ4n) is 2.57. The minimum atomic E-state index is -0.149. The van der Waals surface area contributed by atoms with Crippen molar-refractivity contribution >= 4 is 17.4 Å². The van der Waals surface area contributed by atoms with Crippen LogP contribution in [0.15, 0.2) is 53.4 Å². The molecule has 1 aliphatic rings. The van der Waals surface area contributed by atoms with Crippen LogP contribution in [0.25, 0.3) is 0 Å². The molecule has 0 radical (unpaired) electrons. The van der Waals surface area contributed by atoms with Crippen LogP contribution in [0.3, 0.4) is 0 Å². The molecule has 1 unspecified atom stereocenters. The number of thioether (sulfide) groups is 1. The second kappa shape index (κ2) is 5.25. The van der Waals surface area contributed by atoms with Crippen LogP contribution in [0.4, 0.5) is 10.1 Å². The van der Waals surface area contributed by atoms with Crippen LogP contribution in [-0.4, -0.2) is 19.3 Å². The SMILES string of the molecule is CN(CC1CSc2ccccc21)c1ccccc1F. The monoisotopic (exact) mass is 273 g/mol. The number of likely N-dealkylation sites (N-methyl/N-ethyl adjacent to an activating group) is 1. The Balaban J connectivity index is 1.78. The van der Waals surface area contributed by atoms with E-state index in [0.717, 1.165) is 12.3 Å². The Hall–Kier alpha value is -1.48. The predicted molar refractivity (Wildman–Crippen MR) is 79.6 cm³/mol. The van der Waals surface area contributed by atoms with Crippen molar-refractivity contribution in [1.82, 2.24) is 0 Å². The molecule has 19 heavy (non-hydrogen) atoms. The summed E-state index contributed by atoms with van der Waals surface area (Å²) in [5, 5.41) is 0. The third kappa shape index (κ3) is 2.47. The van der Waals surface area contributed by atoms with Crippen molar-refractivity contribution in [2.24, 2.45) is 0 Å². The minimum Gasteiger partial charge on any atom is -0.372 e. The van der Waals surface area contributed by atoms with E-state index in [-0.39, 0.29) is 5.82 Å². The maximum Gasteiger partial charge on any atom is 0.146 e. The normalized spacial score (nSPS) is 17.3. The minimum absolute atomic E-state index is 0.149. The number of benzene rings is 2. The average molecular weight is 273 g/mol. The van der Waals surface area contributed by atoms with Gasteiger partial charge in [-0.2, -0.15) is 0 Å². The van der Waals surface area contributed by atoms with Crippen molar-refractivity contribution in [2.75, 3.05) is 24.2 Å². The highest BCUT2D eigenvalue weighted by atomic mass is 32.2. The molecule has 1 atom stereocenters. The summed E-state index contributed by atoms with van der Waals surface area (Å²) in [7, 11) is 1.96. The van der Waals surface area contributed by atoms with E-state index in [4.69, 9.17) is 0 Å². The van der Waals surface area contributed by atoms with Crippen molar-refractivity contribution < 1.29 is 4.39 Å². The van der Waals surface area contributed by atoms with Crippen LogP contribution >= 0.6 is 11.8 Å². The fourth-order valence-corrected chi connectivity index (χ4v) is 3.81. The van der Waals surface area contributed by atoms with Crippen molar-refractivity contribution in [1.29, 1.82) is 0 Å². The van der Waals surface area contributed by atoms with Crippen LogP contribution in [0, 0.1) is 5.82 Å². The number of fused-ring (bicyclic) bond motifs is 1. The molecule has 0 aromatic heterocycles. The van der Waals surface area contributed by atoms with E-state index in [1.165, 1.54) is 16.5 Å². The largest absolute Gasteiger partial charge is 0.372 e. The Bertz CT molecular complexity index is 584. The fraction of sp³-hybridized carbons (Fsp3) is 0.250. The molecule has 0 amide bonds. The van der Waals surface area contributed by atoms with Crippen LogP contribution < -0.4 is 4.90 Å². The summed E-state index contributed by atoms with van der Waals surface area (Å²) in [5.74, 6) is 1.41. The van der Waals surface area contributed by atoms with Crippen LogP contribution in [0.5, 0.6) is 0 Å². The van der Waals surface area contributed by atoms with E-state index in [1.54, 1.807) is 6.07 Å². The number of halogens is 1. The highest BCUT2D eigenvalue weighted by molar-refractivity contribution is 7.99. The first-order valence-electron chi connectivity index (χ1n) is 6.43. The first-order chi connectivity index (χ1) is 9.25. The van der Waals surface area contributed by atoms with Gasteiger partial charge in [0.05, 0.1) is 5.69 Å². The Morgan fingerprint density at radius 2 is 1.89 bits per heavy atom. The highest BCUT2D eigenvalue weighted by Gasteiger charge is 2.24. The van der Waals surface area contributed by atoms with Crippen molar-refractivity contribution in [3.63, 3.8) is 0 Å². The lowest BCUT2D eigenvalue weighted by atomic mass is 10.0. The van der Waals surface area contributed by atoms with E-state index in [9.17, 15) is 4.39 Å². The van der Waals surface area contributed by atoms with Gasteiger partial charge in [-0.05, 0) is 23.8 Å². The van der Waals surface area contributed by atoms with Gasteiger partial charge in [0.15, 0.2) is 0 Å². The first kappa shape index (κ1) is 12.5. The lowest BCUT2D eigenvalue weighted by molar-refractivity contribution is 0.618. The molecular formula is C16H16FNS. The summed E-state index contributed by atoms with van der Waals surface area (Å²) in [6.07, 6.45) is 0. The summed E-state index contributed by atoms with van der Waals surface area (Å²) >= 11 is 1.90. The Kier molecular flexibility index (Phi) is 3.47. The maximum atomic E-state index is 13.8. The van der Waals surface area contributed by atoms with Crippen molar-refractivity contribution in [3.05, 3.63) is 59.9 Å². The number of hydrogen-bond acceptors (Lipinski definition) is 2. The molecule has 0 bridgehead atoms. The van der Waals surface area contributed by atoms with Crippen LogP contribution in [-0.2, 0) is 0 Å². The van der Waals surface area contributed by atoms with E-state index >= 15 is 0 Å². The third-order valence-electron chi connectivity index (χ3n) is 3.56. The second-order valence-corrected chi connectivity index (χ2v) is 5.94. The Labute approximate surface area is 117 Å². The molecule has 0 spiro atoms. The molecule has 1 aliphatic heterocycles. The second-order valence-electron chi connectivity index (χ2n) is 4.88. The molecule has 2 aromatic rings. The van der Waals surface area contributed by atoms with Gasteiger partial charge in [0.2, 0.25) is 0 Å². The molecule has 0 aliphatic carbocycles. The molecule has 2 aromatic carbocycles. The molecule has 0 fully saturated rings. The Morgan fingerprint density at radius 3 is 2.74 bits per heavy atom. The smallest absolute Gasteiger partial charge is 0.146 e. The summed E-state index contributed by atoms with van der Waals surface area (Å²) < 4.78 is 13.8. The molecular weight excluding hydrogens is 257 g/mol. The predicted octanol–water partition coefficient (Wildman–Crippen LogP) is 4.15. The average Bonchev–Trinajstić information content (AvgIpc) is 2.83. The van der Waals surface area contributed by atoms with Gasteiger partial charge in [-0.1, -0.05) is 30.3 Å². The van der Waals surface area contributed by atoms with Gasteiger partial charge in [0, 0.05) is 30.2 Å². The molecule has 98 valence electrons. The van der Waals surface area contributed by atoms with Gasteiger partial charge in [-0.3, -0.25) is 0 Å². The van der Waals surface area contributed by atoms with Crippen molar-refractivity contribution in [3.8, 4) is 0 Å². The molecule has 3 heteroatoms. The van der Waals surface area contributed by atoms with E-state index in [1.807, 2.05) is 35.8 Å². The Morgan fingerprint density at radius 1 is 1.16 bits per heavy atom. The van der Waals surface area contributed by atoms with Crippen molar-refractivity contribution in [2.45, 2.75) is 10.8 Å². The molecule has 1 nitrogen and oxygen atoms in total. The van der Waals surface area contributed by atoms with Gasteiger partial charge in [-0.15, -0.1) is 11.8 Å². The van der Waals surface area contributed by atoms with Crippen LogP contribution in [0.2, 0.25) is 0 Å². The summed E-state index contributed by atoms with van der Waals surface area (Å²) in [6, 6.07) is 15.5. The number of nitrogens with zero attached hydrogens (tertiary/aromatic N) is 1. The number of anilines is 1. The highest BCUT2D eigenvalue weighted by Crippen LogP contribution is 2.40. The molecule has 0 saturated carbocycles. The van der Waals surface area contributed by atoms with Crippen LogP contribution in [0.1, 0.15) is 11.5 Å².